The third kappa shape index (κ3) is 5.69. The minimum Gasteiger partial charge on any atom is -0.354 e. The van der Waals surface area contributed by atoms with Crippen LogP contribution in [0.25, 0.3) is 0 Å². The van der Waals surface area contributed by atoms with Crippen LogP contribution in [-0.4, -0.2) is 29.0 Å². The van der Waals surface area contributed by atoms with Gasteiger partial charge in [-0.1, -0.05) is 30.3 Å². The number of amides is 1. The summed E-state index contributed by atoms with van der Waals surface area (Å²) in [6, 6.07) is 13.3. The summed E-state index contributed by atoms with van der Waals surface area (Å²) in [5.74, 6) is -0.649. The van der Waals surface area contributed by atoms with Gasteiger partial charge in [-0.3, -0.25) is 14.8 Å². The minimum atomic E-state index is -0.758. The average molecular weight is 378 g/mol. The molecule has 3 aromatic rings. The Kier molecular flexibility index (Phi) is 7.21. The fourth-order valence-electron chi connectivity index (χ4n) is 2.94. The van der Waals surface area contributed by atoms with E-state index in [2.05, 4.69) is 20.6 Å². The van der Waals surface area contributed by atoms with Gasteiger partial charge in [-0.05, 0) is 42.2 Å². The maximum Gasteiger partial charge on any atom is 0.241 e. The predicted octanol–water partition coefficient (Wildman–Crippen LogP) is 2.85. The van der Waals surface area contributed by atoms with Crippen molar-refractivity contribution in [1.82, 2.24) is 20.6 Å². The molecule has 0 spiro atoms. The third-order valence-electron chi connectivity index (χ3n) is 4.40. The molecule has 5 nitrogen and oxygen atoms in total. The van der Waals surface area contributed by atoms with Crippen LogP contribution in [0.1, 0.15) is 22.7 Å². The van der Waals surface area contributed by atoms with E-state index in [0.717, 1.165) is 11.1 Å². The van der Waals surface area contributed by atoms with Crippen LogP contribution in [0.15, 0.2) is 73.3 Å². The number of benzene rings is 1. The van der Waals surface area contributed by atoms with Crippen molar-refractivity contribution < 1.29 is 9.18 Å². The van der Waals surface area contributed by atoms with Gasteiger partial charge in [0, 0.05) is 43.4 Å². The summed E-state index contributed by atoms with van der Waals surface area (Å²) >= 11 is 0. The van der Waals surface area contributed by atoms with Crippen molar-refractivity contribution in [3.05, 3.63) is 95.8 Å². The fraction of sp³-hybridized carbons (Fsp3) is 0.227. The maximum atomic E-state index is 14.3. The SMILES string of the molecule is O=C(NCCc1cccnc1)C(NCCc1cccnc1)c1ccccc1F. The van der Waals surface area contributed by atoms with Crippen molar-refractivity contribution in [2.75, 3.05) is 13.1 Å². The highest BCUT2D eigenvalue weighted by molar-refractivity contribution is 5.83. The number of nitrogens with zero attached hydrogens (tertiary/aromatic N) is 2. The van der Waals surface area contributed by atoms with Gasteiger partial charge in [0.25, 0.3) is 0 Å². The first-order chi connectivity index (χ1) is 13.7. The second kappa shape index (κ2) is 10.3. The highest BCUT2D eigenvalue weighted by Crippen LogP contribution is 2.17. The Labute approximate surface area is 164 Å². The van der Waals surface area contributed by atoms with E-state index in [1.807, 2.05) is 24.3 Å². The number of nitrogens with one attached hydrogen (secondary N) is 2. The number of pyridine rings is 2. The molecule has 144 valence electrons. The molecule has 28 heavy (non-hydrogen) atoms. The van der Waals surface area contributed by atoms with Crippen molar-refractivity contribution in [1.29, 1.82) is 0 Å². The van der Waals surface area contributed by atoms with Gasteiger partial charge in [-0.2, -0.15) is 0 Å². The number of rotatable bonds is 9. The van der Waals surface area contributed by atoms with E-state index in [1.54, 1.807) is 43.0 Å². The van der Waals surface area contributed by atoms with Crippen LogP contribution in [0.2, 0.25) is 0 Å². The van der Waals surface area contributed by atoms with Crippen LogP contribution in [0.3, 0.4) is 0 Å². The van der Waals surface area contributed by atoms with Crippen molar-refractivity contribution in [2.45, 2.75) is 18.9 Å². The Morgan fingerprint density at radius 2 is 1.54 bits per heavy atom. The van der Waals surface area contributed by atoms with Crippen molar-refractivity contribution in [2.24, 2.45) is 0 Å². The smallest absolute Gasteiger partial charge is 0.241 e. The van der Waals surface area contributed by atoms with Gasteiger partial charge >= 0.3 is 0 Å². The topological polar surface area (TPSA) is 66.9 Å². The summed E-state index contributed by atoms with van der Waals surface area (Å²) < 4.78 is 14.3. The molecule has 6 heteroatoms. The first kappa shape index (κ1) is 19.6. The predicted molar refractivity (Wildman–Crippen MR) is 106 cm³/mol. The van der Waals surface area contributed by atoms with Gasteiger partial charge in [0.15, 0.2) is 0 Å². The first-order valence-electron chi connectivity index (χ1n) is 9.27. The fourth-order valence-corrected chi connectivity index (χ4v) is 2.94. The van der Waals surface area contributed by atoms with E-state index < -0.39 is 11.9 Å². The molecule has 3 rings (SSSR count). The molecule has 1 amide bonds. The lowest BCUT2D eigenvalue weighted by atomic mass is 10.0. The Bertz CT molecular complexity index is 874. The second-order valence-electron chi connectivity index (χ2n) is 6.42. The monoisotopic (exact) mass is 378 g/mol. The summed E-state index contributed by atoms with van der Waals surface area (Å²) in [5.41, 5.74) is 2.43. The van der Waals surface area contributed by atoms with E-state index in [4.69, 9.17) is 0 Å². The Hall–Kier alpha value is -3.12. The molecule has 0 fully saturated rings. The highest BCUT2D eigenvalue weighted by Gasteiger charge is 2.22. The van der Waals surface area contributed by atoms with Gasteiger partial charge < -0.3 is 10.6 Å². The summed E-state index contributed by atoms with van der Waals surface area (Å²) in [6.45, 7) is 0.987. The second-order valence-corrected chi connectivity index (χ2v) is 6.42. The molecule has 0 saturated heterocycles. The minimum absolute atomic E-state index is 0.250. The Morgan fingerprint density at radius 1 is 0.893 bits per heavy atom. The molecule has 1 unspecified atom stereocenters. The van der Waals surface area contributed by atoms with Crippen LogP contribution in [-0.2, 0) is 17.6 Å². The molecule has 1 atom stereocenters. The largest absolute Gasteiger partial charge is 0.354 e. The van der Waals surface area contributed by atoms with Crippen LogP contribution in [0, 0.1) is 5.82 Å². The van der Waals surface area contributed by atoms with E-state index in [9.17, 15) is 9.18 Å². The summed E-state index contributed by atoms with van der Waals surface area (Å²) in [4.78, 5) is 20.9. The Balaban J connectivity index is 1.61. The summed E-state index contributed by atoms with van der Waals surface area (Å²) in [5, 5.41) is 6.08. The highest BCUT2D eigenvalue weighted by atomic mass is 19.1. The molecule has 0 saturated carbocycles. The standard InChI is InChI=1S/C22H23FN4O/c23-20-8-2-1-7-19(20)21(26-13-9-17-5-3-11-24-15-17)22(28)27-14-10-18-6-4-12-25-16-18/h1-8,11-12,15-16,21,26H,9-10,13-14H2,(H,27,28). The number of halogens is 1. The molecule has 2 heterocycles. The van der Waals surface area contributed by atoms with Crippen LogP contribution in [0.4, 0.5) is 4.39 Å². The summed E-state index contributed by atoms with van der Waals surface area (Å²) in [6.07, 6.45) is 8.35. The molecule has 1 aromatic carbocycles. The quantitative estimate of drug-likeness (QED) is 0.601. The van der Waals surface area contributed by atoms with E-state index >= 15 is 0 Å². The molecule has 0 aliphatic heterocycles. The molecule has 2 N–H and O–H groups in total. The van der Waals surface area contributed by atoms with E-state index in [1.165, 1.54) is 6.07 Å². The van der Waals surface area contributed by atoms with Gasteiger partial charge in [-0.15, -0.1) is 0 Å². The van der Waals surface area contributed by atoms with Crippen LogP contribution in [0.5, 0.6) is 0 Å². The molecule has 0 radical (unpaired) electrons. The van der Waals surface area contributed by atoms with Gasteiger partial charge in [0.2, 0.25) is 5.91 Å². The summed E-state index contributed by atoms with van der Waals surface area (Å²) in [7, 11) is 0. The molecule has 0 aliphatic rings. The van der Waals surface area contributed by atoms with E-state index in [-0.39, 0.29) is 5.91 Å². The zero-order valence-electron chi connectivity index (χ0n) is 15.5. The third-order valence-corrected chi connectivity index (χ3v) is 4.40. The lowest BCUT2D eigenvalue weighted by Crippen LogP contribution is -2.39. The van der Waals surface area contributed by atoms with Gasteiger partial charge in [0.05, 0.1) is 0 Å². The number of aromatic nitrogens is 2. The molecular weight excluding hydrogens is 355 g/mol. The zero-order chi connectivity index (χ0) is 19.6. The van der Waals surface area contributed by atoms with Crippen LogP contribution >= 0.6 is 0 Å². The van der Waals surface area contributed by atoms with Crippen molar-refractivity contribution >= 4 is 5.91 Å². The lowest BCUT2D eigenvalue weighted by Gasteiger charge is -2.19. The Morgan fingerprint density at radius 3 is 2.14 bits per heavy atom. The molecule has 0 aliphatic carbocycles. The van der Waals surface area contributed by atoms with Crippen LogP contribution < -0.4 is 10.6 Å². The lowest BCUT2D eigenvalue weighted by molar-refractivity contribution is -0.123. The van der Waals surface area contributed by atoms with E-state index in [0.29, 0.717) is 31.5 Å². The maximum absolute atomic E-state index is 14.3. The average Bonchev–Trinajstić information content (AvgIpc) is 2.73. The van der Waals surface area contributed by atoms with Gasteiger partial charge in [0.1, 0.15) is 11.9 Å². The number of hydrogen-bond donors (Lipinski definition) is 2. The zero-order valence-corrected chi connectivity index (χ0v) is 15.5. The molecule has 2 aromatic heterocycles. The first-order valence-corrected chi connectivity index (χ1v) is 9.27. The number of hydrogen-bond acceptors (Lipinski definition) is 4. The van der Waals surface area contributed by atoms with Crippen molar-refractivity contribution in [3.63, 3.8) is 0 Å². The van der Waals surface area contributed by atoms with Gasteiger partial charge in [-0.25, -0.2) is 4.39 Å². The number of carbonyl (C=O) groups is 1. The molecular formula is C22H23FN4O. The molecule has 0 bridgehead atoms. The van der Waals surface area contributed by atoms with Crippen molar-refractivity contribution in [3.8, 4) is 0 Å². The normalized spacial score (nSPS) is 11.8. The number of carbonyl (C=O) groups excluding carboxylic acids is 1.